The molecule has 0 aliphatic heterocycles. The van der Waals surface area contributed by atoms with Crippen molar-refractivity contribution in [1.82, 2.24) is 0 Å². The highest BCUT2D eigenvalue weighted by Crippen LogP contribution is 2.27. The second-order valence-corrected chi connectivity index (χ2v) is 5.40. The van der Waals surface area contributed by atoms with Crippen LogP contribution in [0.1, 0.15) is 20.3 Å². The molecule has 0 fully saturated rings. The maximum absolute atomic E-state index is 13.0. The van der Waals surface area contributed by atoms with Gasteiger partial charge in [-0.25, -0.2) is 4.39 Å². The van der Waals surface area contributed by atoms with Crippen molar-refractivity contribution in [3.8, 4) is 5.75 Å². The molecule has 1 aromatic carbocycles. The van der Waals surface area contributed by atoms with E-state index in [0.29, 0.717) is 23.2 Å². The first-order valence-corrected chi connectivity index (χ1v) is 6.22. The van der Waals surface area contributed by atoms with Crippen LogP contribution in [0.3, 0.4) is 0 Å². The molecule has 3 N–H and O–H groups in total. The first kappa shape index (κ1) is 14.8. The van der Waals surface area contributed by atoms with Gasteiger partial charge < -0.3 is 15.7 Å². The van der Waals surface area contributed by atoms with E-state index in [4.69, 9.17) is 15.7 Å². The minimum Gasteiger partial charge on any atom is -0.492 e. The molecular weight excluding hydrogens is 303 g/mol. The Morgan fingerprint density at radius 1 is 1.56 bits per heavy atom. The molecule has 0 spiro atoms. The van der Waals surface area contributed by atoms with Crippen molar-refractivity contribution < 1.29 is 14.3 Å². The monoisotopic (exact) mass is 318 g/mol. The maximum atomic E-state index is 13.0. The van der Waals surface area contributed by atoms with E-state index < -0.39 is 5.41 Å². The number of ether oxygens (including phenoxy) is 1. The molecule has 6 heteroatoms. The molecule has 1 rings (SSSR count). The number of rotatable bonds is 5. The molecule has 0 radical (unpaired) electrons. The van der Waals surface area contributed by atoms with E-state index in [2.05, 4.69) is 21.1 Å². The number of oxime groups is 1. The molecule has 0 unspecified atom stereocenters. The van der Waals surface area contributed by atoms with E-state index in [9.17, 15) is 4.39 Å². The second-order valence-electron chi connectivity index (χ2n) is 4.54. The predicted octanol–water partition coefficient (Wildman–Crippen LogP) is 3.13. The van der Waals surface area contributed by atoms with Crippen LogP contribution in [0.2, 0.25) is 0 Å². The molecule has 0 amide bonds. The van der Waals surface area contributed by atoms with E-state index in [-0.39, 0.29) is 11.7 Å². The van der Waals surface area contributed by atoms with Crippen LogP contribution >= 0.6 is 15.9 Å². The van der Waals surface area contributed by atoms with Gasteiger partial charge in [0.05, 0.1) is 11.1 Å². The molecule has 0 aliphatic carbocycles. The maximum Gasteiger partial charge on any atom is 0.144 e. The van der Waals surface area contributed by atoms with Crippen LogP contribution in [-0.2, 0) is 0 Å². The lowest BCUT2D eigenvalue weighted by Crippen LogP contribution is -2.33. The van der Waals surface area contributed by atoms with Gasteiger partial charge in [0.15, 0.2) is 0 Å². The normalized spacial score (nSPS) is 12.6. The lowest BCUT2D eigenvalue weighted by molar-refractivity contribution is 0.258. The molecule has 0 saturated carbocycles. The fourth-order valence-corrected chi connectivity index (χ4v) is 1.63. The van der Waals surface area contributed by atoms with E-state index in [1.165, 1.54) is 12.1 Å². The van der Waals surface area contributed by atoms with Gasteiger partial charge in [0, 0.05) is 11.5 Å². The average Bonchev–Trinajstić information content (AvgIpc) is 2.32. The van der Waals surface area contributed by atoms with Gasteiger partial charge >= 0.3 is 0 Å². The van der Waals surface area contributed by atoms with Crippen LogP contribution in [0.5, 0.6) is 5.75 Å². The van der Waals surface area contributed by atoms with Crippen molar-refractivity contribution in [2.24, 2.45) is 16.3 Å². The van der Waals surface area contributed by atoms with Crippen molar-refractivity contribution >= 4 is 21.8 Å². The number of hydrogen-bond acceptors (Lipinski definition) is 3. The first-order chi connectivity index (χ1) is 8.36. The van der Waals surface area contributed by atoms with Crippen molar-refractivity contribution in [2.45, 2.75) is 20.3 Å². The summed E-state index contributed by atoms with van der Waals surface area (Å²) in [7, 11) is 0. The zero-order chi connectivity index (χ0) is 13.8. The van der Waals surface area contributed by atoms with Crippen molar-refractivity contribution in [2.75, 3.05) is 6.61 Å². The summed E-state index contributed by atoms with van der Waals surface area (Å²) in [5.74, 6) is 0.221. The van der Waals surface area contributed by atoms with E-state index in [1.807, 2.05) is 13.8 Å². The Kier molecular flexibility index (Phi) is 4.95. The molecule has 100 valence electrons. The smallest absolute Gasteiger partial charge is 0.144 e. The minimum atomic E-state index is -0.478. The Balaban J connectivity index is 2.59. The zero-order valence-corrected chi connectivity index (χ0v) is 11.9. The number of halogens is 2. The van der Waals surface area contributed by atoms with Crippen LogP contribution in [0, 0.1) is 11.2 Å². The largest absolute Gasteiger partial charge is 0.492 e. The van der Waals surface area contributed by atoms with E-state index in [0.717, 1.165) is 0 Å². The Morgan fingerprint density at radius 3 is 2.83 bits per heavy atom. The van der Waals surface area contributed by atoms with Crippen molar-refractivity contribution in [1.29, 1.82) is 0 Å². The summed E-state index contributed by atoms with van der Waals surface area (Å²) in [5.41, 5.74) is 5.08. The molecule has 0 atom stereocenters. The molecule has 4 nitrogen and oxygen atoms in total. The van der Waals surface area contributed by atoms with Crippen molar-refractivity contribution in [3.63, 3.8) is 0 Å². The highest BCUT2D eigenvalue weighted by atomic mass is 79.9. The zero-order valence-electron chi connectivity index (χ0n) is 10.3. The fraction of sp³-hybridized carbons (Fsp3) is 0.417. The van der Waals surface area contributed by atoms with Gasteiger partial charge in [-0.2, -0.15) is 0 Å². The third-order valence-electron chi connectivity index (χ3n) is 2.68. The summed E-state index contributed by atoms with van der Waals surface area (Å²) < 4.78 is 19.2. The number of amidine groups is 1. The molecule has 0 bridgehead atoms. The summed E-state index contributed by atoms with van der Waals surface area (Å²) >= 11 is 3.27. The summed E-state index contributed by atoms with van der Waals surface area (Å²) in [6, 6.07) is 4.23. The molecule has 0 heterocycles. The number of nitrogens with two attached hydrogens (primary N) is 1. The van der Waals surface area contributed by atoms with Crippen LogP contribution in [0.25, 0.3) is 0 Å². The Labute approximate surface area is 114 Å². The summed E-state index contributed by atoms with van der Waals surface area (Å²) in [6.45, 7) is 4.02. The lowest BCUT2D eigenvalue weighted by Gasteiger charge is -2.22. The third kappa shape index (κ3) is 3.87. The van der Waals surface area contributed by atoms with Gasteiger partial charge in [0.2, 0.25) is 0 Å². The van der Waals surface area contributed by atoms with Crippen LogP contribution < -0.4 is 10.5 Å². The van der Waals surface area contributed by atoms with Gasteiger partial charge in [0.25, 0.3) is 0 Å². The van der Waals surface area contributed by atoms with Gasteiger partial charge in [-0.1, -0.05) is 19.0 Å². The van der Waals surface area contributed by atoms with Gasteiger partial charge in [-0.15, -0.1) is 0 Å². The van der Waals surface area contributed by atoms with E-state index >= 15 is 0 Å². The molecule has 1 aromatic rings. The molecular formula is C12H16BrFN2O2. The fourth-order valence-electron chi connectivity index (χ4n) is 1.27. The number of benzene rings is 1. The highest BCUT2D eigenvalue weighted by Gasteiger charge is 2.23. The lowest BCUT2D eigenvalue weighted by atomic mass is 9.88. The minimum absolute atomic E-state index is 0.143. The number of hydrogen-bond donors (Lipinski definition) is 2. The molecule has 0 saturated heterocycles. The van der Waals surface area contributed by atoms with Gasteiger partial charge in [-0.3, -0.25) is 0 Å². The quantitative estimate of drug-likeness (QED) is 0.379. The molecule has 0 aromatic heterocycles. The second kappa shape index (κ2) is 6.04. The average molecular weight is 319 g/mol. The van der Waals surface area contributed by atoms with Gasteiger partial charge in [-0.05, 0) is 34.5 Å². The Morgan fingerprint density at radius 2 is 2.22 bits per heavy atom. The summed E-state index contributed by atoms with van der Waals surface area (Å²) in [6.07, 6.45) is 0.547. The Bertz CT molecular complexity index is 450. The summed E-state index contributed by atoms with van der Waals surface area (Å²) in [4.78, 5) is 0. The predicted molar refractivity (Wildman–Crippen MR) is 71.4 cm³/mol. The van der Waals surface area contributed by atoms with Gasteiger partial charge in [0.1, 0.15) is 17.4 Å². The highest BCUT2D eigenvalue weighted by molar-refractivity contribution is 9.10. The van der Waals surface area contributed by atoms with Crippen LogP contribution in [-0.4, -0.2) is 17.6 Å². The molecule has 18 heavy (non-hydrogen) atoms. The van der Waals surface area contributed by atoms with Crippen molar-refractivity contribution in [3.05, 3.63) is 28.5 Å². The Hall–Kier alpha value is -1.30. The van der Waals surface area contributed by atoms with E-state index in [1.54, 1.807) is 6.07 Å². The standard InChI is InChI=1S/C12H16BrFN2O2/c1-12(2,11(15)16-17)5-6-18-10-7-8(14)3-4-9(10)13/h3-4,7,17H,5-6H2,1-2H3,(H2,15,16). The summed E-state index contributed by atoms with van der Waals surface area (Å²) in [5, 5.41) is 11.6. The van der Waals surface area contributed by atoms with Crippen LogP contribution in [0.15, 0.2) is 27.8 Å². The number of nitrogens with zero attached hydrogens (tertiary/aromatic N) is 1. The first-order valence-electron chi connectivity index (χ1n) is 5.42. The molecule has 0 aliphatic rings. The topological polar surface area (TPSA) is 67.8 Å². The SMILES string of the molecule is CC(C)(CCOc1cc(F)ccc1Br)/C(N)=N/O. The van der Waals surface area contributed by atoms with Crippen LogP contribution in [0.4, 0.5) is 4.39 Å². The third-order valence-corrected chi connectivity index (χ3v) is 3.33.